The molecule has 0 atom stereocenters. The Morgan fingerprint density at radius 3 is 2.62 bits per heavy atom. The van der Waals surface area contributed by atoms with Crippen molar-refractivity contribution in [3.05, 3.63) is 81.9 Å². The van der Waals surface area contributed by atoms with Crippen molar-refractivity contribution in [2.75, 3.05) is 5.32 Å². The van der Waals surface area contributed by atoms with E-state index in [9.17, 15) is 18.4 Å². The minimum Gasteiger partial charge on any atom is -0.323 e. The highest BCUT2D eigenvalue weighted by Crippen LogP contribution is 2.20. The number of nitrogens with zero attached hydrogens (tertiary/aromatic N) is 3. The van der Waals surface area contributed by atoms with Crippen molar-refractivity contribution in [2.45, 2.75) is 13.3 Å². The molecule has 0 bridgehead atoms. The maximum absolute atomic E-state index is 14.0. The van der Waals surface area contributed by atoms with E-state index in [-0.39, 0.29) is 23.4 Å². The quantitative estimate of drug-likeness (QED) is 0.556. The molecule has 2 N–H and O–H groups in total. The minimum absolute atomic E-state index is 0.0498. The number of rotatable bonds is 4. The number of hydrogen-bond donors (Lipinski definition) is 2. The number of aromatic nitrogens is 4. The molecule has 146 valence electrons. The fourth-order valence-corrected chi connectivity index (χ4v) is 2.90. The van der Waals surface area contributed by atoms with E-state index >= 15 is 0 Å². The van der Waals surface area contributed by atoms with Crippen molar-refractivity contribution < 1.29 is 13.6 Å². The molecule has 1 amide bonds. The van der Waals surface area contributed by atoms with Crippen LogP contribution in [0.5, 0.6) is 0 Å². The summed E-state index contributed by atoms with van der Waals surface area (Å²) in [7, 11) is 0. The molecule has 0 fully saturated rings. The third-order valence-corrected chi connectivity index (χ3v) is 4.33. The SMILES string of the molecule is Cc1ccc(NC(=O)Cc2n[nH]c(=O)c3cc(-c4ccc(F)cc4)nn23)c(F)c1. The Balaban J connectivity index is 1.65. The molecule has 9 heteroatoms. The van der Waals surface area contributed by atoms with Crippen molar-refractivity contribution in [2.24, 2.45) is 0 Å². The molecular weight excluding hydrogens is 380 g/mol. The van der Waals surface area contributed by atoms with Gasteiger partial charge in [-0.15, -0.1) is 0 Å². The summed E-state index contributed by atoms with van der Waals surface area (Å²) >= 11 is 0. The molecule has 0 unspecified atom stereocenters. The molecule has 0 aliphatic carbocycles. The molecule has 0 spiro atoms. The second-order valence-electron chi connectivity index (χ2n) is 6.51. The van der Waals surface area contributed by atoms with Crippen molar-refractivity contribution >= 4 is 17.1 Å². The highest BCUT2D eigenvalue weighted by atomic mass is 19.1. The number of benzene rings is 2. The lowest BCUT2D eigenvalue weighted by molar-refractivity contribution is -0.115. The summed E-state index contributed by atoms with van der Waals surface area (Å²) in [5.41, 5.74) is 1.51. The van der Waals surface area contributed by atoms with E-state index in [2.05, 4.69) is 20.6 Å². The van der Waals surface area contributed by atoms with Gasteiger partial charge in [-0.25, -0.2) is 18.4 Å². The number of anilines is 1. The van der Waals surface area contributed by atoms with E-state index in [1.807, 2.05) is 0 Å². The normalized spacial score (nSPS) is 11.0. The summed E-state index contributed by atoms with van der Waals surface area (Å²) in [5, 5.41) is 13.0. The van der Waals surface area contributed by atoms with Gasteiger partial charge in [0.1, 0.15) is 17.2 Å². The van der Waals surface area contributed by atoms with Gasteiger partial charge in [-0.05, 0) is 55.0 Å². The Morgan fingerprint density at radius 2 is 1.90 bits per heavy atom. The molecule has 2 heterocycles. The lowest BCUT2D eigenvalue weighted by Gasteiger charge is -2.07. The Hall–Kier alpha value is -3.88. The van der Waals surface area contributed by atoms with Gasteiger partial charge in [-0.1, -0.05) is 6.07 Å². The third kappa shape index (κ3) is 3.75. The highest BCUT2D eigenvalue weighted by Gasteiger charge is 2.16. The first-order chi connectivity index (χ1) is 13.9. The molecule has 7 nitrogen and oxygen atoms in total. The van der Waals surface area contributed by atoms with Gasteiger partial charge in [0.05, 0.1) is 17.8 Å². The van der Waals surface area contributed by atoms with Crippen molar-refractivity contribution in [3.8, 4) is 11.3 Å². The predicted molar refractivity (Wildman–Crippen MR) is 102 cm³/mol. The summed E-state index contributed by atoms with van der Waals surface area (Å²) in [5.74, 6) is -1.29. The number of halogens is 2. The van der Waals surface area contributed by atoms with Crippen LogP contribution in [0.2, 0.25) is 0 Å². The molecule has 0 radical (unpaired) electrons. The average molecular weight is 395 g/mol. The number of aromatic amines is 1. The maximum atomic E-state index is 14.0. The molecule has 0 saturated carbocycles. The molecule has 2 aromatic carbocycles. The zero-order valence-electron chi connectivity index (χ0n) is 15.2. The zero-order valence-corrected chi connectivity index (χ0v) is 15.2. The molecule has 0 aliphatic heterocycles. The number of amides is 1. The molecule has 2 aromatic heterocycles. The number of fused-ring (bicyclic) bond motifs is 1. The van der Waals surface area contributed by atoms with Gasteiger partial charge in [0.25, 0.3) is 5.56 Å². The van der Waals surface area contributed by atoms with E-state index in [4.69, 9.17) is 0 Å². The molecule has 0 aliphatic rings. The van der Waals surface area contributed by atoms with Gasteiger partial charge in [-0.3, -0.25) is 9.59 Å². The largest absolute Gasteiger partial charge is 0.323 e. The predicted octanol–water partition coefficient (Wildman–Crippen LogP) is 2.85. The van der Waals surface area contributed by atoms with Crippen LogP contribution < -0.4 is 10.9 Å². The van der Waals surface area contributed by atoms with Crippen LogP contribution in [0, 0.1) is 18.6 Å². The van der Waals surface area contributed by atoms with Crippen LogP contribution in [0.4, 0.5) is 14.5 Å². The topological polar surface area (TPSA) is 92.1 Å². The van der Waals surface area contributed by atoms with Crippen LogP contribution in [-0.4, -0.2) is 25.7 Å². The number of nitrogens with one attached hydrogen (secondary N) is 2. The summed E-state index contributed by atoms with van der Waals surface area (Å²) in [6.45, 7) is 1.74. The van der Waals surface area contributed by atoms with Gasteiger partial charge in [0, 0.05) is 5.56 Å². The summed E-state index contributed by atoms with van der Waals surface area (Å²) in [4.78, 5) is 24.5. The second-order valence-corrected chi connectivity index (χ2v) is 6.51. The number of aryl methyl sites for hydroxylation is 1. The van der Waals surface area contributed by atoms with E-state index < -0.39 is 23.1 Å². The second kappa shape index (κ2) is 7.27. The number of hydrogen-bond acceptors (Lipinski definition) is 4. The zero-order chi connectivity index (χ0) is 20.5. The van der Waals surface area contributed by atoms with E-state index in [1.165, 1.54) is 47.0 Å². The Bertz CT molecular complexity index is 1280. The number of carbonyl (C=O) groups excluding carboxylic acids is 1. The van der Waals surface area contributed by atoms with Gasteiger partial charge in [-0.2, -0.15) is 10.2 Å². The van der Waals surface area contributed by atoms with Gasteiger partial charge in [0.15, 0.2) is 5.82 Å². The fourth-order valence-electron chi connectivity index (χ4n) is 2.90. The summed E-state index contributed by atoms with van der Waals surface area (Å²) < 4.78 is 28.4. The van der Waals surface area contributed by atoms with Crippen LogP contribution in [0.25, 0.3) is 16.8 Å². The molecular formula is C20H15F2N5O2. The summed E-state index contributed by atoms with van der Waals surface area (Å²) in [6.07, 6.45) is -0.245. The Labute approximate surface area is 163 Å². The van der Waals surface area contributed by atoms with Crippen molar-refractivity contribution in [1.29, 1.82) is 0 Å². The third-order valence-electron chi connectivity index (χ3n) is 4.33. The van der Waals surface area contributed by atoms with Crippen molar-refractivity contribution in [3.63, 3.8) is 0 Å². The van der Waals surface area contributed by atoms with Crippen LogP contribution in [0.15, 0.2) is 53.3 Å². The molecule has 4 aromatic rings. The lowest BCUT2D eigenvalue weighted by Crippen LogP contribution is -2.22. The van der Waals surface area contributed by atoms with Gasteiger partial charge < -0.3 is 5.32 Å². The molecule has 4 rings (SSSR count). The standard InChI is InChI=1S/C20H15F2N5O2/c1-11-2-7-15(14(22)8-11)23-19(28)10-18-24-25-20(29)17-9-16(26-27(17)18)12-3-5-13(21)6-4-12/h2-9H,10H2,1H3,(H,23,28)(H,25,29). The van der Waals surface area contributed by atoms with Crippen LogP contribution in [0.1, 0.15) is 11.4 Å². The maximum Gasteiger partial charge on any atom is 0.290 e. The monoisotopic (exact) mass is 395 g/mol. The van der Waals surface area contributed by atoms with Crippen LogP contribution in [0.3, 0.4) is 0 Å². The lowest BCUT2D eigenvalue weighted by atomic mass is 10.1. The first-order valence-electron chi connectivity index (χ1n) is 8.70. The number of H-pyrrole nitrogens is 1. The first-order valence-corrected chi connectivity index (χ1v) is 8.70. The van der Waals surface area contributed by atoms with E-state index in [0.717, 1.165) is 5.56 Å². The van der Waals surface area contributed by atoms with E-state index in [1.54, 1.807) is 13.0 Å². The van der Waals surface area contributed by atoms with Crippen LogP contribution >= 0.6 is 0 Å². The van der Waals surface area contributed by atoms with Crippen LogP contribution in [-0.2, 0) is 11.2 Å². The Kier molecular flexibility index (Phi) is 4.63. The highest BCUT2D eigenvalue weighted by molar-refractivity contribution is 5.92. The number of carbonyl (C=O) groups is 1. The average Bonchev–Trinajstić information content (AvgIpc) is 3.13. The van der Waals surface area contributed by atoms with Gasteiger partial charge >= 0.3 is 0 Å². The Morgan fingerprint density at radius 1 is 1.14 bits per heavy atom. The molecule has 0 saturated heterocycles. The fraction of sp³-hybridized carbons (Fsp3) is 0.100. The summed E-state index contributed by atoms with van der Waals surface area (Å²) in [6, 6.07) is 11.6. The van der Waals surface area contributed by atoms with Crippen molar-refractivity contribution in [1.82, 2.24) is 19.8 Å². The molecule has 29 heavy (non-hydrogen) atoms. The van der Waals surface area contributed by atoms with Gasteiger partial charge in [0.2, 0.25) is 5.91 Å². The smallest absolute Gasteiger partial charge is 0.290 e. The van der Waals surface area contributed by atoms with E-state index in [0.29, 0.717) is 11.3 Å². The minimum atomic E-state index is -0.546. The first kappa shape index (κ1) is 18.5.